The van der Waals surface area contributed by atoms with Crippen molar-refractivity contribution in [2.75, 3.05) is 25.9 Å². The van der Waals surface area contributed by atoms with Gasteiger partial charge >= 0.3 is 12.1 Å². The first kappa shape index (κ1) is 16.8. The van der Waals surface area contributed by atoms with E-state index in [2.05, 4.69) is 9.84 Å². The summed E-state index contributed by atoms with van der Waals surface area (Å²) in [5, 5.41) is 3.72. The van der Waals surface area contributed by atoms with Crippen LogP contribution >= 0.6 is 0 Å². The van der Waals surface area contributed by atoms with Crippen molar-refractivity contribution in [1.29, 1.82) is 0 Å². The number of rotatable bonds is 6. The molecule has 0 bridgehead atoms. The summed E-state index contributed by atoms with van der Waals surface area (Å²) in [5.74, 6) is -1.36. The first-order valence-corrected chi connectivity index (χ1v) is 5.91. The van der Waals surface area contributed by atoms with Gasteiger partial charge in [0, 0.05) is 12.7 Å². The summed E-state index contributed by atoms with van der Waals surface area (Å²) in [4.78, 5) is 23.4. The molecule has 0 saturated carbocycles. The van der Waals surface area contributed by atoms with E-state index >= 15 is 0 Å². The third-order valence-corrected chi connectivity index (χ3v) is 2.49. The lowest BCUT2D eigenvalue weighted by molar-refractivity contribution is -0.163. The average molecular weight is 308 g/mol. The lowest BCUT2D eigenvalue weighted by atomic mass is 10.3. The summed E-state index contributed by atoms with van der Waals surface area (Å²) < 4.78 is 42.9. The van der Waals surface area contributed by atoms with E-state index in [1.807, 2.05) is 0 Å². The van der Waals surface area contributed by atoms with Crippen molar-refractivity contribution < 1.29 is 27.5 Å². The highest BCUT2D eigenvalue weighted by molar-refractivity contribution is 5.77. The number of nitrogen functional groups attached to an aromatic ring is 1. The van der Waals surface area contributed by atoms with Crippen LogP contribution in [0.25, 0.3) is 0 Å². The molecule has 2 N–H and O–H groups in total. The van der Waals surface area contributed by atoms with Gasteiger partial charge in [0.1, 0.15) is 18.9 Å². The normalized spacial score (nSPS) is 11.2. The Hall–Kier alpha value is -2.26. The number of amides is 1. The molecule has 0 aliphatic heterocycles. The van der Waals surface area contributed by atoms with Crippen LogP contribution < -0.4 is 5.73 Å². The quantitative estimate of drug-likeness (QED) is 0.769. The van der Waals surface area contributed by atoms with Crippen LogP contribution in [0.15, 0.2) is 12.3 Å². The summed E-state index contributed by atoms with van der Waals surface area (Å²) in [6, 6.07) is 1.41. The molecule has 1 aromatic heterocycles. The number of nitrogens with two attached hydrogens (primary N) is 1. The van der Waals surface area contributed by atoms with Crippen LogP contribution in [0.5, 0.6) is 0 Å². The van der Waals surface area contributed by atoms with Gasteiger partial charge in [0.05, 0.1) is 13.5 Å². The number of carbonyl (C=O) groups excluding carboxylic acids is 2. The Bertz CT molecular complexity index is 501. The summed E-state index contributed by atoms with van der Waals surface area (Å²) >= 11 is 0. The van der Waals surface area contributed by atoms with E-state index < -0.39 is 31.1 Å². The Morgan fingerprint density at radius 1 is 1.48 bits per heavy atom. The maximum atomic E-state index is 12.5. The van der Waals surface area contributed by atoms with Gasteiger partial charge < -0.3 is 15.4 Å². The van der Waals surface area contributed by atoms with Crippen molar-refractivity contribution in [1.82, 2.24) is 14.7 Å². The largest absolute Gasteiger partial charge is 0.469 e. The third kappa shape index (κ3) is 6.15. The predicted molar refractivity (Wildman–Crippen MR) is 65.9 cm³/mol. The molecule has 7 nitrogen and oxygen atoms in total. The second-order valence-corrected chi connectivity index (χ2v) is 4.19. The van der Waals surface area contributed by atoms with Gasteiger partial charge in [0.25, 0.3) is 0 Å². The standard InChI is InChI=1S/C11H15F3N4O3/c1-21-10(20)3-4-17(7-11(12,13)14)9(19)6-18-5-2-8(15)16-18/h2,5H,3-4,6-7H2,1H3,(H2,15,16). The zero-order valence-electron chi connectivity index (χ0n) is 11.3. The number of ether oxygens (including phenoxy) is 1. The second-order valence-electron chi connectivity index (χ2n) is 4.19. The lowest BCUT2D eigenvalue weighted by Crippen LogP contribution is -2.42. The molecule has 1 aromatic rings. The molecule has 0 saturated heterocycles. The number of hydrogen-bond donors (Lipinski definition) is 1. The molecule has 1 rings (SSSR count). The van der Waals surface area contributed by atoms with Gasteiger partial charge in [-0.3, -0.25) is 14.3 Å². The Morgan fingerprint density at radius 2 is 2.14 bits per heavy atom. The highest BCUT2D eigenvalue weighted by Crippen LogP contribution is 2.17. The summed E-state index contributed by atoms with van der Waals surface area (Å²) in [5.41, 5.74) is 5.35. The molecule has 21 heavy (non-hydrogen) atoms. The Labute approximate surface area is 118 Å². The van der Waals surface area contributed by atoms with E-state index in [0.717, 1.165) is 11.8 Å². The number of aromatic nitrogens is 2. The summed E-state index contributed by atoms with van der Waals surface area (Å²) in [6.45, 7) is -2.23. The molecular weight excluding hydrogens is 293 g/mol. The van der Waals surface area contributed by atoms with Crippen LogP contribution in [0.1, 0.15) is 6.42 Å². The number of nitrogens with zero attached hydrogens (tertiary/aromatic N) is 3. The minimum absolute atomic E-state index is 0.153. The smallest absolute Gasteiger partial charge is 0.406 e. The molecule has 0 aliphatic rings. The number of anilines is 1. The van der Waals surface area contributed by atoms with Gasteiger partial charge in [-0.25, -0.2) is 0 Å². The molecule has 0 fully saturated rings. The SMILES string of the molecule is COC(=O)CCN(CC(F)(F)F)C(=O)Cn1ccc(N)n1. The van der Waals surface area contributed by atoms with Gasteiger partial charge in [-0.1, -0.05) is 0 Å². The van der Waals surface area contributed by atoms with Gasteiger partial charge in [-0.2, -0.15) is 18.3 Å². The molecule has 0 unspecified atom stereocenters. The lowest BCUT2D eigenvalue weighted by Gasteiger charge is -2.23. The monoisotopic (exact) mass is 308 g/mol. The molecular formula is C11H15F3N4O3. The molecule has 0 aliphatic carbocycles. The summed E-state index contributed by atoms with van der Waals surface area (Å²) in [6.07, 6.45) is -3.51. The third-order valence-electron chi connectivity index (χ3n) is 2.49. The number of carbonyl (C=O) groups is 2. The van der Waals surface area contributed by atoms with Crippen LogP contribution in [0.3, 0.4) is 0 Å². The van der Waals surface area contributed by atoms with Crippen LogP contribution in [0.2, 0.25) is 0 Å². The fourth-order valence-electron chi connectivity index (χ4n) is 1.54. The fourth-order valence-corrected chi connectivity index (χ4v) is 1.54. The van der Waals surface area contributed by atoms with Crippen LogP contribution in [-0.2, 0) is 20.9 Å². The highest BCUT2D eigenvalue weighted by atomic mass is 19.4. The molecule has 0 radical (unpaired) electrons. The first-order valence-electron chi connectivity index (χ1n) is 5.91. The minimum atomic E-state index is -4.56. The van der Waals surface area contributed by atoms with E-state index in [4.69, 9.17) is 5.73 Å². The van der Waals surface area contributed by atoms with Gasteiger partial charge in [-0.15, -0.1) is 0 Å². The maximum Gasteiger partial charge on any atom is 0.406 e. The average Bonchev–Trinajstić information content (AvgIpc) is 2.78. The molecule has 0 atom stereocenters. The predicted octanol–water partition coefficient (Wildman–Crippen LogP) is 0.419. The van der Waals surface area contributed by atoms with Gasteiger partial charge in [0.15, 0.2) is 0 Å². The van der Waals surface area contributed by atoms with Crippen molar-refractivity contribution >= 4 is 17.7 Å². The molecule has 10 heteroatoms. The Morgan fingerprint density at radius 3 is 2.62 bits per heavy atom. The van der Waals surface area contributed by atoms with Crippen molar-refractivity contribution in [3.05, 3.63) is 12.3 Å². The number of alkyl halides is 3. The van der Waals surface area contributed by atoms with E-state index in [1.54, 1.807) is 0 Å². The van der Waals surface area contributed by atoms with Gasteiger partial charge in [0.2, 0.25) is 5.91 Å². The molecule has 1 amide bonds. The van der Waals surface area contributed by atoms with E-state index in [0.29, 0.717) is 4.90 Å². The van der Waals surface area contributed by atoms with Crippen LogP contribution in [0, 0.1) is 0 Å². The van der Waals surface area contributed by atoms with Crippen molar-refractivity contribution in [2.45, 2.75) is 19.1 Å². The first-order chi connectivity index (χ1) is 9.71. The minimum Gasteiger partial charge on any atom is -0.469 e. The van der Waals surface area contributed by atoms with Gasteiger partial charge in [-0.05, 0) is 6.07 Å². The summed E-state index contributed by atoms with van der Waals surface area (Å²) in [7, 11) is 1.12. The molecule has 1 heterocycles. The van der Waals surface area contributed by atoms with Crippen molar-refractivity contribution in [3.8, 4) is 0 Å². The topological polar surface area (TPSA) is 90.5 Å². The van der Waals surface area contributed by atoms with Crippen LogP contribution in [-0.4, -0.2) is 52.9 Å². The highest BCUT2D eigenvalue weighted by Gasteiger charge is 2.33. The van der Waals surface area contributed by atoms with E-state index in [9.17, 15) is 22.8 Å². The zero-order chi connectivity index (χ0) is 16.0. The number of esters is 1. The van der Waals surface area contributed by atoms with Crippen LogP contribution in [0.4, 0.5) is 19.0 Å². The number of methoxy groups -OCH3 is 1. The van der Waals surface area contributed by atoms with E-state index in [-0.39, 0.29) is 18.8 Å². The molecule has 0 spiro atoms. The maximum absolute atomic E-state index is 12.5. The Balaban J connectivity index is 2.69. The molecule has 118 valence electrons. The Kier molecular flexibility index (Phi) is 5.56. The second kappa shape index (κ2) is 6.95. The number of hydrogen-bond acceptors (Lipinski definition) is 5. The fraction of sp³-hybridized carbons (Fsp3) is 0.545. The van der Waals surface area contributed by atoms with Crippen molar-refractivity contribution in [2.24, 2.45) is 0 Å². The zero-order valence-corrected chi connectivity index (χ0v) is 11.3. The van der Waals surface area contributed by atoms with E-state index in [1.165, 1.54) is 12.3 Å². The number of halogens is 3. The van der Waals surface area contributed by atoms with Crippen molar-refractivity contribution in [3.63, 3.8) is 0 Å². The molecule has 0 aromatic carbocycles.